The second-order valence-electron chi connectivity index (χ2n) is 10.3. The number of rotatable bonds is 9. The van der Waals surface area contributed by atoms with Crippen LogP contribution in [0.15, 0.2) is 72.9 Å². The first-order chi connectivity index (χ1) is 20.7. The largest absolute Gasteiger partial charge is 0.573 e. The summed E-state index contributed by atoms with van der Waals surface area (Å²) >= 11 is 0. The third-order valence-electron chi connectivity index (χ3n) is 7.21. The molecule has 10 nitrogen and oxygen atoms in total. The van der Waals surface area contributed by atoms with E-state index in [1.807, 2.05) is 30.3 Å². The third kappa shape index (κ3) is 7.17. The minimum absolute atomic E-state index is 0.229. The van der Waals surface area contributed by atoms with Crippen LogP contribution in [0.25, 0.3) is 0 Å². The van der Waals surface area contributed by atoms with Gasteiger partial charge in [0.2, 0.25) is 0 Å². The fraction of sp³-hybridized carbons (Fsp3) is 0.300. The van der Waals surface area contributed by atoms with Gasteiger partial charge in [-0.15, -0.1) is 13.2 Å². The topological polar surface area (TPSA) is 101 Å². The Kier molecular flexibility index (Phi) is 7.80. The van der Waals surface area contributed by atoms with Crippen molar-refractivity contribution in [3.8, 4) is 29.0 Å². The molecule has 3 aromatic carbocycles. The molecular weight excluding hydrogens is 569 g/mol. The monoisotopic (exact) mass is 596 g/mol. The summed E-state index contributed by atoms with van der Waals surface area (Å²) in [5.74, 6) is 1.18. The molecule has 0 unspecified atom stereocenters. The quantitative estimate of drug-likeness (QED) is 0.165. The van der Waals surface area contributed by atoms with Gasteiger partial charge in [0.05, 0.1) is 0 Å². The van der Waals surface area contributed by atoms with Gasteiger partial charge in [-0.3, -0.25) is 9.47 Å². The predicted molar refractivity (Wildman–Crippen MR) is 147 cm³/mol. The van der Waals surface area contributed by atoms with Gasteiger partial charge >= 0.3 is 18.2 Å². The van der Waals surface area contributed by atoms with Crippen LogP contribution in [0.5, 0.6) is 29.0 Å². The number of hydrogen-bond acceptors (Lipinski definition) is 8. The maximum atomic E-state index is 12.4. The molecule has 1 atom stereocenters. The number of fused-ring (bicyclic) bond motifs is 2. The van der Waals surface area contributed by atoms with Crippen LogP contribution in [0.4, 0.5) is 19.0 Å². The van der Waals surface area contributed by atoms with Gasteiger partial charge in [0.1, 0.15) is 41.9 Å². The average Bonchev–Trinajstić information content (AvgIpc) is 3.41. The van der Waals surface area contributed by atoms with Crippen LogP contribution >= 0.6 is 0 Å². The predicted octanol–water partition coefficient (Wildman–Crippen LogP) is 6.27. The van der Waals surface area contributed by atoms with Gasteiger partial charge in [0.25, 0.3) is 0 Å². The molecular formula is C30H27F3N4O6. The molecule has 0 aliphatic carbocycles. The van der Waals surface area contributed by atoms with Crippen molar-refractivity contribution in [1.29, 1.82) is 0 Å². The second-order valence-corrected chi connectivity index (χ2v) is 10.3. The summed E-state index contributed by atoms with van der Waals surface area (Å²) in [5.41, 5.74) is 3.57. The van der Waals surface area contributed by atoms with Crippen molar-refractivity contribution in [2.24, 2.45) is 0 Å². The fourth-order valence-electron chi connectivity index (χ4n) is 5.11. The van der Waals surface area contributed by atoms with Gasteiger partial charge in [-0.2, -0.15) is 0 Å². The van der Waals surface area contributed by atoms with Crippen LogP contribution in [-0.2, 0) is 26.1 Å². The van der Waals surface area contributed by atoms with Gasteiger partial charge in [0.15, 0.2) is 0 Å². The van der Waals surface area contributed by atoms with Crippen molar-refractivity contribution in [3.63, 3.8) is 0 Å². The number of halogens is 3. The number of aromatic nitrogens is 2. The van der Waals surface area contributed by atoms with Crippen LogP contribution in [0.3, 0.4) is 0 Å². The highest BCUT2D eigenvalue weighted by atomic mass is 19.4. The van der Waals surface area contributed by atoms with Crippen LogP contribution in [0.2, 0.25) is 0 Å². The van der Waals surface area contributed by atoms with Gasteiger partial charge in [-0.05, 0) is 76.6 Å². The first-order valence-electron chi connectivity index (χ1n) is 13.6. The molecule has 0 fully saturated rings. The Hall–Kier alpha value is -4.78. The molecule has 224 valence electrons. The van der Waals surface area contributed by atoms with Crippen LogP contribution < -0.4 is 18.9 Å². The first kappa shape index (κ1) is 28.3. The number of nitro groups is 1. The average molecular weight is 597 g/mol. The molecule has 1 aromatic heterocycles. The van der Waals surface area contributed by atoms with Gasteiger partial charge in [-0.1, -0.05) is 18.2 Å². The number of aryl methyl sites for hydroxylation is 1. The van der Waals surface area contributed by atoms with Crippen LogP contribution in [0.1, 0.15) is 23.1 Å². The zero-order chi connectivity index (χ0) is 30.0. The molecule has 3 heterocycles. The number of nitrogens with zero attached hydrogens (tertiary/aromatic N) is 4. The normalized spacial score (nSPS) is 16.5. The molecule has 0 bridgehead atoms. The molecule has 6 rings (SSSR count). The Bertz CT molecular complexity index is 1590. The van der Waals surface area contributed by atoms with Gasteiger partial charge in [-0.25, -0.2) is 0 Å². The van der Waals surface area contributed by atoms with E-state index in [0.717, 1.165) is 37.4 Å². The summed E-state index contributed by atoms with van der Waals surface area (Å²) in [6, 6.07) is 19.2. The minimum atomic E-state index is -4.74. The van der Waals surface area contributed by atoms with Crippen molar-refractivity contribution >= 4 is 5.82 Å². The van der Waals surface area contributed by atoms with E-state index in [0.29, 0.717) is 31.1 Å². The Labute approximate surface area is 244 Å². The molecule has 0 amide bonds. The van der Waals surface area contributed by atoms with Crippen molar-refractivity contribution in [3.05, 3.63) is 99.7 Å². The highest BCUT2D eigenvalue weighted by molar-refractivity contribution is 5.38. The molecule has 2 aliphatic heterocycles. The van der Waals surface area contributed by atoms with Gasteiger partial charge in [0, 0.05) is 37.6 Å². The molecule has 43 heavy (non-hydrogen) atoms. The van der Waals surface area contributed by atoms with E-state index < -0.39 is 11.3 Å². The number of imidazole rings is 1. The van der Waals surface area contributed by atoms with E-state index in [1.165, 1.54) is 41.6 Å². The van der Waals surface area contributed by atoms with Gasteiger partial charge < -0.3 is 29.1 Å². The van der Waals surface area contributed by atoms with E-state index in [9.17, 15) is 23.3 Å². The maximum absolute atomic E-state index is 12.4. The van der Waals surface area contributed by atoms with E-state index in [4.69, 9.17) is 14.2 Å². The molecule has 2 aliphatic rings. The maximum Gasteiger partial charge on any atom is 0.573 e. The Balaban J connectivity index is 1.00. The molecule has 4 aromatic rings. The standard InChI is InChI=1S/C30H27F3N4O6/c31-30(32,33)43-25-9-7-24(8-10-25)41-23-4-1-20(2-5-23)16-35-13-11-21-3-6-26(15-22(21)17-35)40-19-27-12-14-36-18-28(37(38)39)34-29(36)42-27/h1-10,15,18,27H,11-14,16-17,19H2/t27-/m1/s1. The summed E-state index contributed by atoms with van der Waals surface area (Å²) in [5, 5.41) is 11.0. The lowest BCUT2D eigenvalue weighted by atomic mass is 9.99. The highest BCUT2D eigenvalue weighted by Crippen LogP contribution is 2.30. The molecule has 0 radical (unpaired) electrons. The SMILES string of the molecule is O=[N+]([O-])c1cn2c(n1)O[C@@H](COc1ccc3c(c1)CN(Cc1ccc(Oc4ccc(OC(F)(F)F)cc4)cc1)CC3)CC2. The van der Waals surface area contributed by atoms with E-state index >= 15 is 0 Å². The van der Waals surface area contributed by atoms with E-state index in [-0.39, 0.29) is 23.7 Å². The highest BCUT2D eigenvalue weighted by Gasteiger charge is 2.31. The Morgan fingerprint density at radius 2 is 1.65 bits per heavy atom. The van der Waals surface area contributed by atoms with Crippen molar-refractivity contribution in [2.75, 3.05) is 13.2 Å². The molecule has 0 saturated heterocycles. The number of ether oxygens (including phenoxy) is 4. The Morgan fingerprint density at radius 3 is 2.37 bits per heavy atom. The van der Waals surface area contributed by atoms with E-state index in [2.05, 4.69) is 26.8 Å². The lowest BCUT2D eigenvalue weighted by Gasteiger charge is -2.29. The number of benzene rings is 3. The summed E-state index contributed by atoms with van der Waals surface area (Å²) in [6.45, 7) is 3.29. The van der Waals surface area contributed by atoms with Crippen LogP contribution in [-0.4, -0.2) is 45.0 Å². The summed E-state index contributed by atoms with van der Waals surface area (Å²) < 4.78 is 60.2. The minimum Gasteiger partial charge on any atom is -0.490 e. The smallest absolute Gasteiger partial charge is 0.490 e. The third-order valence-corrected chi connectivity index (χ3v) is 7.21. The zero-order valence-corrected chi connectivity index (χ0v) is 22.8. The number of alkyl halides is 3. The molecule has 0 saturated carbocycles. The Morgan fingerprint density at radius 1 is 0.953 bits per heavy atom. The number of hydrogen-bond donors (Lipinski definition) is 0. The van der Waals surface area contributed by atoms with Crippen molar-refractivity contribution in [2.45, 2.75) is 44.9 Å². The summed E-state index contributed by atoms with van der Waals surface area (Å²) in [7, 11) is 0. The lowest BCUT2D eigenvalue weighted by molar-refractivity contribution is -0.389. The molecule has 13 heteroatoms. The fourth-order valence-corrected chi connectivity index (χ4v) is 5.11. The van der Waals surface area contributed by atoms with Crippen molar-refractivity contribution in [1.82, 2.24) is 14.5 Å². The summed E-state index contributed by atoms with van der Waals surface area (Å²) in [6.07, 6.45) is -2.04. The lowest BCUT2D eigenvalue weighted by Crippen LogP contribution is -2.31. The molecule has 0 N–H and O–H groups in total. The van der Waals surface area contributed by atoms with Crippen molar-refractivity contribution < 1.29 is 37.0 Å². The van der Waals surface area contributed by atoms with E-state index in [1.54, 1.807) is 4.57 Å². The molecule has 0 spiro atoms. The summed E-state index contributed by atoms with van der Waals surface area (Å²) in [4.78, 5) is 16.7. The zero-order valence-electron chi connectivity index (χ0n) is 22.8. The first-order valence-corrected chi connectivity index (χ1v) is 13.6. The second kappa shape index (κ2) is 11.8. The van der Waals surface area contributed by atoms with Crippen LogP contribution in [0, 0.1) is 10.1 Å².